The van der Waals surface area contributed by atoms with Crippen molar-refractivity contribution in [1.29, 1.82) is 0 Å². The summed E-state index contributed by atoms with van der Waals surface area (Å²) in [7, 11) is -3.86. The first-order valence-electron chi connectivity index (χ1n) is 17.9. The number of nitrogens with zero attached hydrogens (tertiary/aromatic N) is 2. The van der Waals surface area contributed by atoms with Crippen LogP contribution in [0.1, 0.15) is 94.6 Å². The summed E-state index contributed by atoms with van der Waals surface area (Å²) in [5.74, 6) is -2.40. The van der Waals surface area contributed by atoms with Gasteiger partial charge in [0.1, 0.15) is 23.5 Å². The highest BCUT2D eigenvalue weighted by Crippen LogP contribution is 2.46. The Morgan fingerprint density at radius 1 is 1.00 bits per heavy atom. The molecule has 49 heavy (non-hydrogen) atoms. The summed E-state index contributed by atoms with van der Waals surface area (Å²) in [6, 6.07) is 3.34. The Labute approximate surface area is 286 Å². The maximum atomic E-state index is 14.4. The minimum absolute atomic E-state index is 0.00713. The number of fused-ring (bicyclic) bond motifs is 3. The molecule has 3 aliphatic carbocycles. The number of halogens is 1. The lowest BCUT2D eigenvalue weighted by Crippen LogP contribution is -2.58. The lowest BCUT2D eigenvalue weighted by molar-refractivity contribution is -0.141. The van der Waals surface area contributed by atoms with E-state index in [2.05, 4.69) is 15.4 Å². The average molecular weight is 700 g/mol. The number of nitrogens with one attached hydrogen (secondary N) is 3. The van der Waals surface area contributed by atoms with E-state index in [4.69, 9.17) is 4.74 Å². The zero-order valence-corrected chi connectivity index (χ0v) is 28.5. The van der Waals surface area contributed by atoms with Crippen molar-refractivity contribution < 1.29 is 36.7 Å². The van der Waals surface area contributed by atoms with Gasteiger partial charge >= 0.3 is 6.09 Å². The molecule has 0 radical (unpaired) electrons. The highest BCUT2D eigenvalue weighted by Gasteiger charge is 2.62. The quantitative estimate of drug-likeness (QED) is 0.383. The molecular weight excluding hydrogens is 653 g/mol. The second-order valence-electron chi connectivity index (χ2n) is 14.7. The molecule has 4 fully saturated rings. The summed E-state index contributed by atoms with van der Waals surface area (Å²) in [5.41, 5.74) is -0.326. The van der Waals surface area contributed by atoms with Gasteiger partial charge in [-0.25, -0.2) is 17.6 Å². The lowest BCUT2D eigenvalue weighted by Gasteiger charge is -2.31. The van der Waals surface area contributed by atoms with Crippen LogP contribution >= 0.6 is 0 Å². The van der Waals surface area contributed by atoms with Gasteiger partial charge in [-0.15, -0.1) is 0 Å². The van der Waals surface area contributed by atoms with Gasteiger partial charge in [-0.2, -0.15) is 0 Å². The van der Waals surface area contributed by atoms with E-state index >= 15 is 0 Å². The third-order valence-corrected chi connectivity index (χ3v) is 12.9. The molecule has 1 aromatic carbocycles. The number of carbonyl (C=O) groups is 4. The van der Waals surface area contributed by atoms with E-state index in [1.807, 2.05) is 12.2 Å². The predicted molar refractivity (Wildman–Crippen MR) is 177 cm³/mol. The van der Waals surface area contributed by atoms with Crippen LogP contribution in [0.3, 0.4) is 0 Å². The summed E-state index contributed by atoms with van der Waals surface area (Å²) in [5, 5.41) is 5.83. The first kappa shape index (κ1) is 34.0. The zero-order valence-electron chi connectivity index (χ0n) is 27.7. The van der Waals surface area contributed by atoms with Crippen molar-refractivity contribution in [2.75, 3.05) is 6.54 Å². The van der Waals surface area contributed by atoms with Crippen molar-refractivity contribution in [1.82, 2.24) is 25.2 Å². The van der Waals surface area contributed by atoms with E-state index in [1.54, 1.807) is 12.1 Å². The standard InChI is InChI=1S/C35H46FN5O7S/c36-28-13-8-9-22-19-40(21-27(22)28)34(45)48-25-17-30-31(42)38-35(33(44)39-49(46,47)26-15-16-26)18-23(35)10-4-2-1-3-5-14-29(32(43)41(30)20-25)37-24-11-6-7-12-24/h4,8-10,13,23-26,29-30,37H,1-3,5-7,11-12,14-21H2,(H,38,42)(H,39,44)/t23-,25-,29+,30+,35-/m1/s1. The highest BCUT2D eigenvalue weighted by atomic mass is 32.2. The minimum atomic E-state index is -3.86. The molecule has 6 aliphatic rings. The number of carbonyl (C=O) groups excluding carboxylic acids is 4. The summed E-state index contributed by atoms with van der Waals surface area (Å²) in [4.78, 5) is 58.4. The van der Waals surface area contributed by atoms with Crippen LogP contribution in [0.2, 0.25) is 0 Å². The summed E-state index contributed by atoms with van der Waals surface area (Å²) < 4.78 is 48.0. The zero-order chi connectivity index (χ0) is 34.3. The van der Waals surface area contributed by atoms with Crippen LogP contribution in [0.25, 0.3) is 0 Å². The average Bonchev–Trinajstić information content (AvgIpc) is 3.84. The number of benzene rings is 1. The predicted octanol–water partition coefficient (Wildman–Crippen LogP) is 3.15. The van der Waals surface area contributed by atoms with Crippen LogP contribution in [-0.4, -0.2) is 83.6 Å². The number of ether oxygens (including phenoxy) is 1. The fourth-order valence-corrected chi connectivity index (χ4v) is 9.34. The Bertz CT molecular complexity index is 1630. The number of rotatable bonds is 6. The molecule has 0 unspecified atom stereocenters. The maximum Gasteiger partial charge on any atom is 0.410 e. The molecule has 12 nitrogen and oxygen atoms in total. The Morgan fingerprint density at radius 2 is 1.78 bits per heavy atom. The van der Waals surface area contributed by atoms with Gasteiger partial charge in [-0.05, 0) is 63.0 Å². The first-order chi connectivity index (χ1) is 23.5. The van der Waals surface area contributed by atoms with E-state index in [0.29, 0.717) is 30.4 Å². The molecule has 5 atom stereocenters. The van der Waals surface area contributed by atoms with E-state index in [-0.39, 0.29) is 44.4 Å². The Morgan fingerprint density at radius 3 is 2.53 bits per heavy atom. The lowest BCUT2D eigenvalue weighted by atomic mass is 10.0. The molecular formula is C35H46FN5O7S. The van der Waals surface area contributed by atoms with Crippen molar-refractivity contribution >= 4 is 33.8 Å². The normalized spacial score (nSPS) is 30.9. The molecule has 14 heteroatoms. The van der Waals surface area contributed by atoms with Crippen molar-refractivity contribution in [2.45, 2.75) is 132 Å². The maximum absolute atomic E-state index is 14.4. The molecule has 4 amide bonds. The molecule has 3 aliphatic heterocycles. The van der Waals surface area contributed by atoms with Crippen molar-refractivity contribution in [2.24, 2.45) is 5.92 Å². The molecule has 3 saturated carbocycles. The fourth-order valence-electron chi connectivity index (χ4n) is 7.97. The molecule has 266 valence electrons. The van der Waals surface area contributed by atoms with Gasteiger partial charge in [-0.1, -0.05) is 50.0 Å². The fraction of sp³-hybridized carbons (Fsp3) is 0.657. The topological polar surface area (TPSA) is 154 Å². The molecule has 0 aromatic heterocycles. The Hall–Kier alpha value is -3.52. The number of sulfonamides is 1. The highest BCUT2D eigenvalue weighted by molar-refractivity contribution is 7.91. The largest absolute Gasteiger partial charge is 0.444 e. The van der Waals surface area contributed by atoms with Gasteiger partial charge in [-0.3, -0.25) is 24.0 Å². The van der Waals surface area contributed by atoms with Gasteiger partial charge in [0.15, 0.2) is 0 Å². The third kappa shape index (κ3) is 7.21. The van der Waals surface area contributed by atoms with Crippen LogP contribution in [-0.2, 0) is 42.2 Å². The summed E-state index contributed by atoms with van der Waals surface area (Å²) >= 11 is 0. The van der Waals surface area contributed by atoms with Crippen molar-refractivity contribution in [3.63, 3.8) is 0 Å². The van der Waals surface area contributed by atoms with E-state index in [1.165, 1.54) is 15.9 Å². The van der Waals surface area contributed by atoms with Crippen LogP contribution in [0, 0.1) is 11.7 Å². The molecule has 0 bridgehead atoms. The molecule has 0 spiro atoms. The SMILES string of the molecule is O=C1N[C@]2(C(=O)NS(=O)(=O)C3CC3)C[C@H]2C=CCCCCC[C@H](NC2CCCC2)C(=O)N2C[C@H](OC(=O)N3Cc4cccc(F)c4C3)C[C@@H]12. The van der Waals surface area contributed by atoms with E-state index in [9.17, 15) is 32.0 Å². The summed E-state index contributed by atoms with van der Waals surface area (Å²) in [6.07, 6.45) is 11.7. The molecule has 1 aromatic rings. The van der Waals surface area contributed by atoms with E-state index in [0.717, 1.165) is 51.4 Å². The summed E-state index contributed by atoms with van der Waals surface area (Å²) in [6.45, 7) is 0.234. The Balaban J connectivity index is 1.13. The Kier molecular flexibility index (Phi) is 9.46. The van der Waals surface area contributed by atoms with Crippen molar-refractivity contribution in [3.8, 4) is 0 Å². The monoisotopic (exact) mass is 699 g/mol. The van der Waals surface area contributed by atoms with Crippen LogP contribution in [0.15, 0.2) is 30.4 Å². The van der Waals surface area contributed by atoms with Gasteiger partial charge in [0.2, 0.25) is 21.8 Å². The molecule has 3 N–H and O–H groups in total. The van der Waals surface area contributed by atoms with Crippen molar-refractivity contribution in [3.05, 3.63) is 47.3 Å². The number of allylic oxidation sites excluding steroid dienone is 1. The molecule has 1 saturated heterocycles. The van der Waals surface area contributed by atoms with Crippen LogP contribution in [0.5, 0.6) is 0 Å². The molecule has 7 rings (SSSR count). The first-order valence-corrected chi connectivity index (χ1v) is 19.4. The number of hydrogen-bond acceptors (Lipinski definition) is 8. The van der Waals surface area contributed by atoms with E-state index < -0.39 is 68.6 Å². The minimum Gasteiger partial charge on any atom is -0.444 e. The second kappa shape index (κ2) is 13.7. The number of hydrogen-bond donors (Lipinski definition) is 3. The molecule has 3 heterocycles. The van der Waals surface area contributed by atoms with Gasteiger partial charge in [0.05, 0.1) is 24.4 Å². The van der Waals surface area contributed by atoms with Gasteiger partial charge < -0.3 is 20.3 Å². The van der Waals surface area contributed by atoms with Gasteiger partial charge in [0, 0.05) is 30.5 Å². The number of amides is 4. The van der Waals surface area contributed by atoms with Crippen LogP contribution < -0.4 is 15.4 Å². The van der Waals surface area contributed by atoms with Gasteiger partial charge in [0.25, 0.3) is 5.91 Å². The third-order valence-electron chi connectivity index (χ3n) is 11.1. The second-order valence-corrected chi connectivity index (χ2v) is 16.7. The van der Waals surface area contributed by atoms with Crippen LogP contribution in [0.4, 0.5) is 9.18 Å². The smallest absolute Gasteiger partial charge is 0.410 e.